The maximum absolute atomic E-state index is 2.35. The van der Waals surface area contributed by atoms with Gasteiger partial charge < -0.3 is 0 Å². The van der Waals surface area contributed by atoms with E-state index in [1.807, 2.05) is 0 Å². The van der Waals surface area contributed by atoms with E-state index in [1.54, 1.807) is 10.4 Å². The van der Waals surface area contributed by atoms with Crippen LogP contribution < -0.4 is 10.4 Å². The zero-order chi connectivity index (χ0) is 19.7. The molecule has 0 bridgehead atoms. The van der Waals surface area contributed by atoms with Gasteiger partial charge in [0.1, 0.15) is 0 Å². The van der Waals surface area contributed by atoms with Gasteiger partial charge in [0.15, 0.2) is 7.95 Å². The molecule has 0 saturated carbocycles. The van der Waals surface area contributed by atoms with Crippen LogP contribution in [-0.2, 0) is 0 Å². The molecule has 3 aromatic rings. The van der Waals surface area contributed by atoms with Crippen molar-refractivity contribution in [3.8, 4) is 0 Å². The highest BCUT2D eigenvalue weighted by Crippen LogP contribution is 2.27. The van der Waals surface area contributed by atoms with E-state index in [1.165, 1.54) is 43.8 Å². The van der Waals surface area contributed by atoms with Crippen molar-refractivity contribution in [3.63, 3.8) is 0 Å². The second kappa shape index (κ2) is 8.08. The normalized spacial score (nSPS) is 11.3. The molecule has 0 fully saturated rings. The maximum Gasteiger partial charge on any atom is 0.197 e. The monoisotopic (exact) mass is 389 g/mol. The summed E-state index contributed by atoms with van der Waals surface area (Å²) in [5.41, 5.74) is 9.81. The van der Waals surface area contributed by atoms with Crippen LogP contribution in [0.2, 0.25) is 0 Å². The van der Waals surface area contributed by atoms with Gasteiger partial charge >= 0.3 is 0 Å². The molecule has 0 unspecified atom stereocenters. The van der Waals surface area contributed by atoms with Gasteiger partial charge in [-0.15, -0.1) is 11.2 Å². The lowest BCUT2D eigenvalue weighted by Gasteiger charge is -2.25. The highest BCUT2D eigenvalue weighted by molar-refractivity contribution is 8.28. The zero-order valence-corrected chi connectivity index (χ0v) is 19.3. The molecule has 3 rings (SSSR count). The number of benzene rings is 3. The smallest absolute Gasteiger partial charge is 0.141 e. The van der Waals surface area contributed by atoms with Crippen LogP contribution >= 0.6 is 11.2 Å². The van der Waals surface area contributed by atoms with E-state index in [2.05, 4.69) is 108 Å². The minimum atomic E-state index is -1.01. The number of hydrogen-bond acceptors (Lipinski definition) is 1. The van der Waals surface area contributed by atoms with Gasteiger partial charge in [0.05, 0.1) is 0 Å². The largest absolute Gasteiger partial charge is 0.197 e. The fraction of sp³-hybridized carbons (Fsp3) is 0.280. The molecule has 0 nitrogen and oxygen atoms in total. The summed E-state index contributed by atoms with van der Waals surface area (Å²) in [6.45, 7) is 15.8. The fourth-order valence-electron chi connectivity index (χ4n) is 4.08. The molecule has 0 spiro atoms. The van der Waals surface area contributed by atoms with Crippen LogP contribution in [0.15, 0.2) is 53.4 Å². The minimum Gasteiger partial charge on any atom is -0.141 e. The van der Waals surface area contributed by atoms with Gasteiger partial charge in [-0.1, -0.05) is 75.8 Å². The molecule has 27 heavy (non-hydrogen) atoms. The van der Waals surface area contributed by atoms with Crippen molar-refractivity contribution in [3.05, 3.63) is 87.5 Å². The number of aryl methyl sites for hydroxylation is 7. The number of hydrogen-bond donors (Lipinski definition) is 0. The van der Waals surface area contributed by atoms with Gasteiger partial charge in [-0.25, -0.2) is 0 Å². The summed E-state index contributed by atoms with van der Waals surface area (Å²) < 4.78 is 0. The Labute approximate surface area is 170 Å². The van der Waals surface area contributed by atoms with Crippen LogP contribution in [0.4, 0.5) is 0 Å². The van der Waals surface area contributed by atoms with Crippen LogP contribution in [0, 0.1) is 48.5 Å². The van der Waals surface area contributed by atoms with Gasteiger partial charge in [-0.2, -0.15) is 0 Å². The SMILES string of the molecule is Cc1cc(C)c([Si](Sc2ccccc2C)c2c(C)cc(C)cc2C)c(C)c1. The van der Waals surface area contributed by atoms with Crippen LogP contribution in [0.3, 0.4) is 0 Å². The molecule has 0 aliphatic carbocycles. The van der Waals surface area contributed by atoms with Crippen LogP contribution in [0.25, 0.3) is 0 Å². The van der Waals surface area contributed by atoms with E-state index < -0.39 is 7.95 Å². The van der Waals surface area contributed by atoms with E-state index in [-0.39, 0.29) is 0 Å². The predicted octanol–water partition coefficient (Wildman–Crippen LogP) is 5.74. The third-order valence-corrected chi connectivity index (χ3v) is 11.0. The molecule has 1 radical (unpaired) electrons. The minimum absolute atomic E-state index is 1.01. The summed E-state index contributed by atoms with van der Waals surface area (Å²) in [5, 5.41) is 3.13. The molecule has 0 aliphatic heterocycles. The Morgan fingerprint density at radius 2 is 0.963 bits per heavy atom. The Kier molecular flexibility index (Phi) is 5.98. The van der Waals surface area contributed by atoms with Crippen molar-refractivity contribution in [1.29, 1.82) is 0 Å². The molecule has 0 amide bonds. The van der Waals surface area contributed by atoms with Gasteiger partial charge in [0.2, 0.25) is 0 Å². The third-order valence-electron chi connectivity index (χ3n) is 5.11. The number of rotatable bonds is 4. The van der Waals surface area contributed by atoms with Crippen LogP contribution in [-0.4, -0.2) is 7.95 Å². The second-order valence-electron chi connectivity index (χ2n) is 7.74. The Bertz CT molecular complexity index is 884. The molecule has 139 valence electrons. The van der Waals surface area contributed by atoms with Crippen molar-refractivity contribution >= 4 is 29.5 Å². The second-order valence-corrected chi connectivity index (χ2v) is 11.9. The Morgan fingerprint density at radius 3 is 1.37 bits per heavy atom. The average molecular weight is 390 g/mol. The molecule has 0 saturated heterocycles. The third kappa shape index (κ3) is 4.22. The van der Waals surface area contributed by atoms with E-state index >= 15 is 0 Å². The predicted molar refractivity (Wildman–Crippen MR) is 123 cm³/mol. The summed E-state index contributed by atoms with van der Waals surface area (Å²) in [6.07, 6.45) is 0. The molecule has 2 heteroatoms. The first kappa shape index (κ1) is 20.0. The van der Waals surface area contributed by atoms with Crippen LogP contribution in [0.1, 0.15) is 38.9 Å². The van der Waals surface area contributed by atoms with Gasteiger partial charge in [-0.05, 0) is 70.5 Å². The highest BCUT2D eigenvalue weighted by atomic mass is 32.4. The topological polar surface area (TPSA) is 0 Å². The van der Waals surface area contributed by atoms with Crippen molar-refractivity contribution in [2.75, 3.05) is 0 Å². The fourth-order valence-corrected chi connectivity index (χ4v) is 10.7. The molecule has 0 aliphatic rings. The molecular weight excluding hydrogens is 360 g/mol. The van der Waals surface area contributed by atoms with Gasteiger partial charge in [0.25, 0.3) is 0 Å². The maximum atomic E-state index is 2.35. The summed E-state index contributed by atoms with van der Waals surface area (Å²) in [5.74, 6) is 0. The summed E-state index contributed by atoms with van der Waals surface area (Å²) in [4.78, 5) is 1.41. The molecule has 3 aromatic carbocycles. The van der Waals surface area contributed by atoms with E-state index in [4.69, 9.17) is 0 Å². The summed E-state index contributed by atoms with van der Waals surface area (Å²) >= 11 is 2.09. The van der Waals surface area contributed by atoms with Crippen molar-refractivity contribution < 1.29 is 0 Å². The summed E-state index contributed by atoms with van der Waals surface area (Å²) in [6, 6.07) is 18.2. The quantitative estimate of drug-likeness (QED) is 0.512. The zero-order valence-electron chi connectivity index (χ0n) is 17.5. The lowest BCUT2D eigenvalue weighted by atomic mass is 10.1. The Hall–Kier alpha value is -1.77. The van der Waals surface area contributed by atoms with E-state index in [9.17, 15) is 0 Å². The highest BCUT2D eigenvalue weighted by Gasteiger charge is 2.26. The Balaban J connectivity index is 2.24. The standard InChI is InChI=1S/C25H29SSi/c1-16-12-19(4)24(20(5)13-16)27(26-23-11-9-8-10-18(23)3)25-21(6)14-17(2)15-22(25)7/h8-15H,1-7H3. The van der Waals surface area contributed by atoms with Crippen molar-refractivity contribution in [2.24, 2.45) is 0 Å². The molecular formula is C25H29SSi. The first-order valence-electron chi connectivity index (χ1n) is 9.54. The Morgan fingerprint density at radius 1 is 0.556 bits per heavy atom. The van der Waals surface area contributed by atoms with Crippen molar-refractivity contribution in [2.45, 2.75) is 53.4 Å². The van der Waals surface area contributed by atoms with Crippen LogP contribution in [0.5, 0.6) is 0 Å². The lowest BCUT2D eigenvalue weighted by molar-refractivity contribution is 1.31. The average Bonchev–Trinajstić information content (AvgIpc) is 2.54. The van der Waals surface area contributed by atoms with Gasteiger partial charge in [0, 0.05) is 4.90 Å². The molecule has 0 heterocycles. The van der Waals surface area contributed by atoms with Gasteiger partial charge in [-0.3, -0.25) is 0 Å². The summed E-state index contributed by atoms with van der Waals surface area (Å²) in [7, 11) is -1.01. The van der Waals surface area contributed by atoms with E-state index in [0.29, 0.717) is 0 Å². The van der Waals surface area contributed by atoms with E-state index in [0.717, 1.165) is 0 Å². The molecule has 0 atom stereocenters. The first-order valence-corrected chi connectivity index (χ1v) is 12.6. The molecule has 0 aromatic heterocycles. The molecule has 0 N–H and O–H groups in total. The first-order chi connectivity index (χ1) is 12.8. The lowest BCUT2D eigenvalue weighted by Crippen LogP contribution is -2.45. The van der Waals surface area contributed by atoms with Crippen molar-refractivity contribution in [1.82, 2.24) is 0 Å².